The molecule has 2 aromatic heterocycles. The molecule has 12 heteroatoms. The number of aromatic hydroxyl groups is 1. The molecule has 0 saturated carbocycles. The molecule has 0 spiro atoms. The molecule has 0 radical (unpaired) electrons. The van der Waals surface area contributed by atoms with Gasteiger partial charge in [-0.15, -0.1) is 0 Å². The van der Waals surface area contributed by atoms with Crippen LogP contribution in [0.4, 0.5) is 23.4 Å². The molecule has 2 aromatic carbocycles. The van der Waals surface area contributed by atoms with Crippen molar-refractivity contribution < 1.29 is 32.1 Å². The zero-order valence-electron chi connectivity index (χ0n) is 25.6. The predicted octanol–water partition coefficient (Wildman–Crippen LogP) is 6.63. The molecule has 0 aliphatic carbocycles. The molecule has 6 heterocycles. The topological polar surface area (TPSA) is 83.8 Å². The van der Waals surface area contributed by atoms with Gasteiger partial charge in [0.05, 0.1) is 11.6 Å². The normalized spacial score (nSPS) is 24.5. The first-order valence-corrected chi connectivity index (χ1v) is 16.2. The lowest BCUT2D eigenvalue weighted by Crippen LogP contribution is -2.43. The highest BCUT2D eigenvalue weighted by Crippen LogP contribution is 2.45. The van der Waals surface area contributed by atoms with Crippen LogP contribution >= 0.6 is 0 Å². The van der Waals surface area contributed by atoms with Gasteiger partial charge in [0.1, 0.15) is 59.2 Å². The molecule has 1 N–H and O–H groups in total. The largest absolute Gasteiger partial charge is 0.508 e. The molecule has 242 valence electrons. The zero-order valence-corrected chi connectivity index (χ0v) is 25.6. The molecular formula is C34H35F4N5O3. The van der Waals surface area contributed by atoms with E-state index in [1.165, 1.54) is 12.1 Å². The summed E-state index contributed by atoms with van der Waals surface area (Å²) in [5, 5.41) is 11.0. The average molecular weight is 638 g/mol. The van der Waals surface area contributed by atoms with Crippen molar-refractivity contribution in [2.75, 3.05) is 37.7 Å². The van der Waals surface area contributed by atoms with Crippen molar-refractivity contribution in [3.8, 4) is 28.9 Å². The number of aromatic nitrogens is 3. The second kappa shape index (κ2) is 11.1. The van der Waals surface area contributed by atoms with Gasteiger partial charge in [0.25, 0.3) is 0 Å². The van der Waals surface area contributed by atoms with E-state index >= 15 is 13.2 Å². The van der Waals surface area contributed by atoms with Crippen LogP contribution in [0, 0.1) is 17.5 Å². The summed E-state index contributed by atoms with van der Waals surface area (Å²) in [7, 11) is 0. The maximum absolute atomic E-state index is 17.0. The van der Waals surface area contributed by atoms with Crippen LogP contribution < -0.4 is 14.4 Å². The number of rotatable bonds is 5. The lowest BCUT2D eigenvalue weighted by atomic mass is 9.94. The van der Waals surface area contributed by atoms with E-state index < -0.39 is 29.2 Å². The maximum atomic E-state index is 17.0. The second-order valence-electron chi connectivity index (χ2n) is 13.1. The third-order valence-corrected chi connectivity index (χ3v) is 10.3. The van der Waals surface area contributed by atoms with Crippen LogP contribution in [0.15, 0.2) is 18.2 Å². The summed E-state index contributed by atoms with van der Waals surface area (Å²) in [5.74, 6) is -2.27. The van der Waals surface area contributed by atoms with Crippen molar-refractivity contribution in [1.29, 1.82) is 0 Å². The smallest absolute Gasteiger partial charge is 0.319 e. The van der Waals surface area contributed by atoms with Crippen molar-refractivity contribution >= 4 is 27.5 Å². The Hall–Kier alpha value is -3.93. The van der Waals surface area contributed by atoms with E-state index in [9.17, 15) is 9.50 Å². The van der Waals surface area contributed by atoms with Crippen molar-refractivity contribution in [2.45, 2.75) is 76.0 Å². The Morgan fingerprint density at radius 2 is 1.89 bits per heavy atom. The van der Waals surface area contributed by atoms with Crippen LogP contribution in [0.2, 0.25) is 0 Å². The Balaban J connectivity index is 1.34. The monoisotopic (exact) mass is 637 g/mol. The number of fused-ring (bicyclic) bond motifs is 4. The quantitative estimate of drug-likeness (QED) is 0.245. The number of anilines is 1. The summed E-state index contributed by atoms with van der Waals surface area (Å²) in [4.78, 5) is 18.2. The lowest BCUT2D eigenvalue weighted by molar-refractivity contribution is 0.107. The number of halogens is 4. The molecule has 4 aliphatic rings. The van der Waals surface area contributed by atoms with E-state index in [2.05, 4.69) is 19.8 Å². The van der Waals surface area contributed by atoms with Gasteiger partial charge in [-0.2, -0.15) is 9.97 Å². The van der Waals surface area contributed by atoms with Crippen LogP contribution in [0.25, 0.3) is 32.9 Å². The first kappa shape index (κ1) is 29.5. The first-order chi connectivity index (χ1) is 22.3. The van der Waals surface area contributed by atoms with Gasteiger partial charge in [-0.25, -0.2) is 22.5 Å². The molecular weight excluding hydrogens is 602 g/mol. The molecule has 4 aliphatic heterocycles. The molecule has 46 heavy (non-hydrogen) atoms. The fraction of sp³-hybridized carbons (Fsp3) is 0.500. The second-order valence-corrected chi connectivity index (χ2v) is 13.1. The van der Waals surface area contributed by atoms with Crippen molar-refractivity contribution in [3.05, 3.63) is 41.2 Å². The Morgan fingerprint density at radius 1 is 1.02 bits per heavy atom. The van der Waals surface area contributed by atoms with Gasteiger partial charge in [-0.1, -0.05) is 19.8 Å². The third-order valence-electron chi connectivity index (χ3n) is 10.3. The number of alkyl halides is 1. The summed E-state index contributed by atoms with van der Waals surface area (Å²) in [6, 6.07) is 3.14. The van der Waals surface area contributed by atoms with Crippen LogP contribution in [-0.4, -0.2) is 75.6 Å². The highest BCUT2D eigenvalue weighted by molar-refractivity contribution is 6.03. The minimum absolute atomic E-state index is 0.0197. The number of nitrogens with zero attached hydrogens (tertiary/aromatic N) is 5. The highest BCUT2D eigenvalue weighted by Gasteiger charge is 2.49. The molecule has 0 amide bonds. The minimum atomic E-state index is -0.936. The van der Waals surface area contributed by atoms with E-state index in [4.69, 9.17) is 14.5 Å². The van der Waals surface area contributed by atoms with Crippen LogP contribution in [0.3, 0.4) is 0 Å². The number of phenolic OH excluding ortho intramolecular Hbond substituents is 1. The Kier molecular flexibility index (Phi) is 7.11. The number of ether oxygens (including phenoxy) is 2. The van der Waals surface area contributed by atoms with Crippen molar-refractivity contribution in [1.82, 2.24) is 19.9 Å². The minimum Gasteiger partial charge on any atom is -0.508 e. The summed E-state index contributed by atoms with van der Waals surface area (Å²) < 4.78 is 74.1. The summed E-state index contributed by atoms with van der Waals surface area (Å²) in [6.45, 7) is 4.01. The lowest BCUT2D eigenvalue weighted by Gasteiger charge is -2.31. The fourth-order valence-electron chi connectivity index (χ4n) is 8.18. The maximum Gasteiger partial charge on any atom is 0.319 e. The molecule has 8 rings (SSSR count). The summed E-state index contributed by atoms with van der Waals surface area (Å²) in [5.41, 5.74) is -0.632. The molecule has 0 bridgehead atoms. The van der Waals surface area contributed by atoms with E-state index in [1.54, 1.807) is 6.92 Å². The summed E-state index contributed by atoms with van der Waals surface area (Å²) >= 11 is 0. The van der Waals surface area contributed by atoms with Crippen LogP contribution in [-0.2, 0) is 6.42 Å². The number of benzene rings is 2. The van der Waals surface area contributed by atoms with Crippen molar-refractivity contribution in [3.63, 3.8) is 0 Å². The molecule has 3 fully saturated rings. The third kappa shape index (κ3) is 4.62. The van der Waals surface area contributed by atoms with Gasteiger partial charge in [0.15, 0.2) is 5.82 Å². The summed E-state index contributed by atoms with van der Waals surface area (Å²) in [6.07, 6.45) is 5.16. The van der Waals surface area contributed by atoms with Crippen molar-refractivity contribution in [2.24, 2.45) is 0 Å². The van der Waals surface area contributed by atoms with E-state index in [0.29, 0.717) is 30.7 Å². The van der Waals surface area contributed by atoms with Gasteiger partial charge < -0.3 is 19.5 Å². The Morgan fingerprint density at radius 3 is 2.74 bits per heavy atom. The molecule has 0 unspecified atom stereocenters. The zero-order chi connectivity index (χ0) is 31.7. The predicted molar refractivity (Wildman–Crippen MR) is 165 cm³/mol. The van der Waals surface area contributed by atoms with E-state index in [0.717, 1.165) is 51.1 Å². The fourth-order valence-corrected chi connectivity index (χ4v) is 8.18. The van der Waals surface area contributed by atoms with Gasteiger partial charge in [-0.3, -0.25) is 4.90 Å². The van der Waals surface area contributed by atoms with Gasteiger partial charge in [0.2, 0.25) is 5.88 Å². The molecule has 4 aromatic rings. The molecule has 3 atom stereocenters. The molecule has 8 nitrogen and oxygen atoms in total. The van der Waals surface area contributed by atoms with Gasteiger partial charge in [-0.05, 0) is 56.3 Å². The van der Waals surface area contributed by atoms with Crippen LogP contribution in [0.1, 0.15) is 57.4 Å². The number of pyridine rings is 1. The standard InChI is InChI=1S/C34H35F4N5O3/c1-2-21-24(36)13-25(37)22-11-20(44)12-23(26(21)22)29-28(38)30-27-31(43-10-5-3-4-7-19(43)16-45-32(27)39-29)41-33(40-30)46-17-34-8-6-9-42(34)15-18(35)14-34/h11-13,18-19,44H,2-10,14-17H2,1H3/t18-,19+,34+/m1/s1. The average Bonchev–Trinajstić information content (AvgIpc) is 3.38. The van der Waals surface area contributed by atoms with Gasteiger partial charge in [0, 0.05) is 41.9 Å². The number of aryl methyl sites for hydroxylation is 1. The molecule has 3 saturated heterocycles. The Bertz CT molecular complexity index is 1880. The van der Waals surface area contributed by atoms with Crippen LogP contribution in [0.5, 0.6) is 17.6 Å². The SMILES string of the molecule is CCc1c(F)cc(F)c2cc(O)cc(-c3nc4c5c(nc(OC[C@@]67CCCN6C[C@H](F)C7)nc5c3F)N3CCCCC[C@H]3CO4)c12. The van der Waals surface area contributed by atoms with E-state index in [1.807, 2.05) is 0 Å². The first-order valence-electron chi connectivity index (χ1n) is 16.2. The number of phenols is 1. The number of hydrogen-bond acceptors (Lipinski definition) is 8. The van der Waals surface area contributed by atoms with E-state index in [-0.39, 0.29) is 76.4 Å². The Labute approximate surface area is 263 Å². The number of hydrogen-bond donors (Lipinski definition) is 1. The highest BCUT2D eigenvalue weighted by atomic mass is 19.1. The van der Waals surface area contributed by atoms with Gasteiger partial charge >= 0.3 is 6.01 Å².